The highest BCUT2D eigenvalue weighted by atomic mass is 16.5. The Morgan fingerprint density at radius 2 is 1.82 bits per heavy atom. The van der Waals surface area contributed by atoms with Crippen LogP contribution < -0.4 is 0 Å². The van der Waals surface area contributed by atoms with Gasteiger partial charge >= 0.3 is 0 Å². The van der Waals surface area contributed by atoms with Gasteiger partial charge in [0, 0.05) is 17.5 Å². The lowest BCUT2D eigenvalue weighted by Gasteiger charge is -2.19. The van der Waals surface area contributed by atoms with Crippen molar-refractivity contribution in [2.45, 2.75) is 25.6 Å². The van der Waals surface area contributed by atoms with Crippen molar-refractivity contribution in [2.75, 3.05) is 0 Å². The summed E-state index contributed by atoms with van der Waals surface area (Å²) in [6.45, 7) is 2.10. The second kappa shape index (κ2) is 4.34. The van der Waals surface area contributed by atoms with Gasteiger partial charge in [-0.15, -0.1) is 0 Å². The average molecular weight is 288 g/mol. The van der Waals surface area contributed by atoms with Crippen LogP contribution in [0.3, 0.4) is 0 Å². The van der Waals surface area contributed by atoms with E-state index in [-0.39, 0.29) is 12.2 Å². The molecule has 2 aliphatic heterocycles. The summed E-state index contributed by atoms with van der Waals surface area (Å²) in [4.78, 5) is 0. The first kappa shape index (κ1) is 12.2. The topological polar surface area (TPSA) is 22.4 Å². The van der Waals surface area contributed by atoms with Crippen molar-refractivity contribution < 1.29 is 9.15 Å². The number of furan rings is 1. The maximum Gasteiger partial charge on any atom is 0.142 e. The van der Waals surface area contributed by atoms with Crippen LogP contribution in [0.25, 0.3) is 11.3 Å². The summed E-state index contributed by atoms with van der Waals surface area (Å²) in [7, 11) is 0. The van der Waals surface area contributed by atoms with Crippen molar-refractivity contribution >= 4 is 0 Å². The highest BCUT2D eigenvalue weighted by Gasteiger charge is 2.41. The van der Waals surface area contributed by atoms with Crippen molar-refractivity contribution in [1.82, 2.24) is 0 Å². The highest BCUT2D eigenvalue weighted by molar-refractivity contribution is 5.61. The van der Waals surface area contributed by atoms with Crippen LogP contribution in [0.4, 0.5) is 0 Å². The number of hydrogen-bond acceptors (Lipinski definition) is 2. The van der Waals surface area contributed by atoms with Gasteiger partial charge < -0.3 is 9.15 Å². The molecule has 2 heteroatoms. The fourth-order valence-electron chi connectivity index (χ4n) is 3.68. The van der Waals surface area contributed by atoms with Gasteiger partial charge in [0.25, 0.3) is 0 Å². The molecule has 108 valence electrons. The van der Waals surface area contributed by atoms with Crippen LogP contribution >= 0.6 is 0 Å². The Labute approximate surface area is 129 Å². The van der Waals surface area contributed by atoms with Gasteiger partial charge in [-0.1, -0.05) is 48.0 Å². The number of rotatable bonds is 1. The lowest BCUT2D eigenvalue weighted by atomic mass is 10.0. The fourth-order valence-corrected chi connectivity index (χ4v) is 3.68. The molecule has 2 bridgehead atoms. The molecule has 0 fully saturated rings. The second-order valence-electron chi connectivity index (χ2n) is 6.21. The van der Waals surface area contributed by atoms with Crippen LogP contribution in [0, 0.1) is 6.92 Å². The molecule has 2 nitrogen and oxygen atoms in total. The molecule has 1 aromatic heterocycles. The predicted octanol–water partition coefficient (Wildman–Crippen LogP) is 4.97. The molecule has 2 unspecified atom stereocenters. The zero-order valence-electron chi connectivity index (χ0n) is 12.4. The van der Waals surface area contributed by atoms with Crippen molar-refractivity contribution in [2.24, 2.45) is 0 Å². The van der Waals surface area contributed by atoms with Crippen LogP contribution in [0.1, 0.15) is 40.2 Å². The number of hydrogen-bond donors (Lipinski definition) is 0. The van der Waals surface area contributed by atoms with Gasteiger partial charge in [0.05, 0.1) is 6.10 Å². The van der Waals surface area contributed by atoms with E-state index in [4.69, 9.17) is 9.15 Å². The van der Waals surface area contributed by atoms with E-state index in [1.807, 2.05) is 0 Å². The molecule has 2 aromatic carbocycles. The minimum Gasteiger partial charge on any atom is -0.458 e. The minimum absolute atomic E-state index is 0.0384. The van der Waals surface area contributed by atoms with Gasteiger partial charge in [-0.2, -0.15) is 0 Å². The molecular weight excluding hydrogens is 272 g/mol. The Bertz CT molecular complexity index is 875. The summed E-state index contributed by atoms with van der Waals surface area (Å²) in [5.74, 6) is 1.93. The Morgan fingerprint density at radius 1 is 0.955 bits per heavy atom. The number of ether oxygens (including phenoxy) is 1. The van der Waals surface area contributed by atoms with Crippen molar-refractivity contribution in [3.05, 3.63) is 82.6 Å². The molecule has 3 aromatic rings. The predicted molar refractivity (Wildman–Crippen MR) is 84.7 cm³/mol. The van der Waals surface area contributed by atoms with E-state index in [0.717, 1.165) is 23.5 Å². The lowest BCUT2D eigenvalue weighted by molar-refractivity contribution is 0.00912. The third-order valence-electron chi connectivity index (χ3n) is 4.71. The molecule has 5 rings (SSSR count). The standard InChI is InChI=1S/C20H16O2/c1-12-5-4-6-13(9-12)17-10-14-11-18-15-7-2-3-8-16(15)20(22-18)19(14)21-17/h2-10,18,20H,11H2,1H3. The number of fused-ring (bicyclic) bond motifs is 7. The SMILES string of the molecule is Cc1cccc(-c2cc3c(o2)C2OC(C3)c3ccccc32)c1. The smallest absolute Gasteiger partial charge is 0.142 e. The Morgan fingerprint density at radius 3 is 2.68 bits per heavy atom. The average Bonchev–Trinajstić information content (AvgIpc) is 3.10. The third kappa shape index (κ3) is 1.65. The first-order valence-corrected chi connectivity index (χ1v) is 7.73. The Balaban J connectivity index is 1.64. The first-order valence-electron chi connectivity index (χ1n) is 7.73. The summed E-state index contributed by atoms with van der Waals surface area (Å²) in [6.07, 6.45) is 1.04. The molecule has 2 atom stereocenters. The van der Waals surface area contributed by atoms with Gasteiger partial charge in [-0.05, 0) is 30.2 Å². The van der Waals surface area contributed by atoms with Crippen molar-refractivity contribution in [1.29, 1.82) is 0 Å². The van der Waals surface area contributed by atoms with E-state index in [2.05, 4.69) is 61.5 Å². The van der Waals surface area contributed by atoms with Crippen LogP contribution in [0.5, 0.6) is 0 Å². The Kier molecular flexibility index (Phi) is 2.42. The molecule has 0 aliphatic carbocycles. The summed E-state index contributed by atoms with van der Waals surface area (Å²) >= 11 is 0. The third-order valence-corrected chi connectivity index (χ3v) is 4.71. The molecular formula is C20H16O2. The maximum absolute atomic E-state index is 6.21. The largest absolute Gasteiger partial charge is 0.458 e. The van der Waals surface area contributed by atoms with E-state index in [9.17, 15) is 0 Å². The quantitative estimate of drug-likeness (QED) is 0.630. The van der Waals surface area contributed by atoms with Gasteiger partial charge in [-0.25, -0.2) is 0 Å². The number of benzene rings is 2. The molecule has 22 heavy (non-hydrogen) atoms. The van der Waals surface area contributed by atoms with Gasteiger partial charge in [0.2, 0.25) is 0 Å². The van der Waals surface area contributed by atoms with E-state index >= 15 is 0 Å². The first-order chi connectivity index (χ1) is 10.8. The van der Waals surface area contributed by atoms with Crippen molar-refractivity contribution in [3.63, 3.8) is 0 Å². The summed E-state index contributed by atoms with van der Waals surface area (Å²) in [5, 5.41) is 0. The van der Waals surface area contributed by atoms with E-state index in [1.165, 1.54) is 22.3 Å². The zero-order valence-corrected chi connectivity index (χ0v) is 12.4. The second-order valence-corrected chi connectivity index (χ2v) is 6.21. The molecule has 0 amide bonds. The van der Waals surface area contributed by atoms with E-state index < -0.39 is 0 Å². The van der Waals surface area contributed by atoms with E-state index in [0.29, 0.717) is 0 Å². The molecule has 0 saturated carbocycles. The van der Waals surface area contributed by atoms with Crippen molar-refractivity contribution in [3.8, 4) is 11.3 Å². The molecule has 0 radical (unpaired) electrons. The summed E-state index contributed by atoms with van der Waals surface area (Å²) < 4.78 is 12.4. The minimum atomic E-state index is -0.0384. The van der Waals surface area contributed by atoms with Gasteiger partial charge in [0.15, 0.2) is 0 Å². The molecule has 0 saturated heterocycles. The van der Waals surface area contributed by atoms with Crippen LogP contribution in [-0.2, 0) is 11.2 Å². The Hall–Kier alpha value is -2.32. The highest BCUT2D eigenvalue weighted by Crippen LogP contribution is 2.50. The zero-order chi connectivity index (χ0) is 14.7. The molecule has 0 spiro atoms. The van der Waals surface area contributed by atoms with E-state index in [1.54, 1.807) is 0 Å². The van der Waals surface area contributed by atoms with Gasteiger partial charge in [0.1, 0.15) is 17.6 Å². The fraction of sp³-hybridized carbons (Fsp3) is 0.200. The molecule has 2 aliphatic rings. The number of aryl methyl sites for hydroxylation is 1. The molecule has 0 N–H and O–H groups in total. The monoisotopic (exact) mass is 288 g/mol. The van der Waals surface area contributed by atoms with Crippen LogP contribution in [0.2, 0.25) is 0 Å². The van der Waals surface area contributed by atoms with Crippen LogP contribution in [-0.4, -0.2) is 0 Å². The lowest BCUT2D eigenvalue weighted by Crippen LogP contribution is -2.10. The molecule has 3 heterocycles. The van der Waals surface area contributed by atoms with Crippen LogP contribution in [0.15, 0.2) is 59.0 Å². The maximum atomic E-state index is 6.21. The summed E-state index contributed by atoms with van der Waals surface area (Å²) in [5.41, 5.74) is 6.25. The normalized spacial score (nSPS) is 21.5. The summed E-state index contributed by atoms with van der Waals surface area (Å²) in [6, 6.07) is 19.1. The van der Waals surface area contributed by atoms with Gasteiger partial charge in [-0.3, -0.25) is 0 Å².